The minimum Gasteiger partial charge on any atom is -0.350 e. The molecule has 2 N–H and O–H groups in total. The molecule has 0 spiro atoms. The summed E-state index contributed by atoms with van der Waals surface area (Å²) in [6.07, 6.45) is 0. The maximum atomic E-state index is 11.9. The predicted octanol–water partition coefficient (Wildman–Crippen LogP) is 3.43. The number of thiazole rings is 1. The maximum Gasteiger partial charge on any atom is 0.270 e. The van der Waals surface area contributed by atoms with Crippen LogP contribution < -0.4 is 10.6 Å². The van der Waals surface area contributed by atoms with Gasteiger partial charge < -0.3 is 10.6 Å². The van der Waals surface area contributed by atoms with E-state index in [0.717, 1.165) is 34.0 Å². The molecule has 0 aromatic carbocycles. The van der Waals surface area contributed by atoms with Crippen LogP contribution in [0.15, 0.2) is 21.3 Å². The number of carbonyl (C=O) groups is 1. The Bertz CT molecular complexity index is 601. The third kappa shape index (κ3) is 4.64. The van der Waals surface area contributed by atoms with Gasteiger partial charge in [-0.3, -0.25) is 4.79 Å². The van der Waals surface area contributed by atoms with Crippen molar-refractivity contribution in [2.24, 2.45) is 5.92 Å². The van der Waals surface area contributed by atoms with Gasteiger partial charge in [0, 0.05) is 40.8 Å². The summed E-state index contributed by atoms with van der Waals surface area (Å²) in [5, 5.41) is 10.8. The lowest BCUT2D eigenvalue weighted by molar-refractivity contribution is 0.0938. The summed E-state index contributed by atoms with van der Waals surface area (Å²) in [4.78, 5) is 17.4. The van der Waals surface area contributed by atoms with Gasteiger partial charge in [0.25, 0.3) is 5.91 Å². The fourth-order valence-electron chi connectivity index (χ4n) is 1.74. The zero-order valence-electron chi connectivity index (χ0n) is 10.8. The Morgan fingerprint density at radius 1 is 1.38 bits per heavy atom. The molecule has 0 atom stereocenters. The number of hydrogen-bond donors (Lipinski definition) is 2. The number of hydrogen-bond acceptors (Lipinski definition) is 5. The molecule has 3 rings (SSSR count). The van der Waals surface area contributed by atoms with Crippen molar-refractivity contribution in [2.45, 2.75) is 0 Å². The largest absolute Gasteiger partial charge is 0.350 e. The molecule has 0 saturated carbocycles. The van der Waals surface area contributed by atoms with Crippen LogP contribution in [0.2, 0.25) is 0 Å². The summed E-state index contributed by atoms with van der Waals surface area (Å²) in [5.74, 6) is 0.486. The van der Waals surface area contributed by atoms with Gasteiger partial charge in [0.15, 0.2) is 0 Å². The molecule has 1 fully saturated rings. The first-order valence-electron chi connectivity index (χ1n) is 5.91. The Labute approximate surface area is 151 Å². The van der Waals surface area contributed by atoms with Gasteiger partial charge in [0.05, 0.1) is 4.88 Å². The highest BCUT2D eigenvalue weighted by molar-refractivity contribution is 9.10. The van der Waals surface area contributed by atoms with E-state index in [1.807, 2.05) is 16.8 Å². The van der Waals surface area contributed by atoms with Crippen molar-refractivity contribution < 1.29 is 4.79 Å². The van der Waals surface area contributed by atoms with Gasteiger partial charge in [-0.05, 0) is 22.0 Å². The summed E-state index contributed by atoms with van der Waals surface area (Å²) < 4.78 is 1.05. The molecule has 9 heteroatoms. The van der Waals surface area contributed by atoms with Crippen molar-refractivity contribution in [3.8, 4) is 9.88 Å². The molecule has 1 amide bonds. The van der Waals surface area contributed by atoms with Crippen LogP contribution in [0.4, 0.5) is 0 Å². The first-order valence-corrected chi connectivity index (χ1v) is 8.46. The van der Waals surface area contributed by atoms with E-state index >= 15 is 0 Å². The monoisotopic (exact) mass is 429 g/mol. The average Bonchev–Trinajstić information content (AvgIpc) is 2.94. The molecule has 116 valence electrons. The molecule has 1 saturated heterocycles. The fourth-order valence-corrected chi connectivity index (χ4v) is 4.04. The van der Waals surface area contributed by atoms with Crippen LogP contribution in [-0.4, -0.2) is 30.5 Å². The van der Waals surface area contributed by atoms with Gasteiger partial charge in [0.1, 0.15) is 10.7 Å². The molecular weight excluding hydrogens is 417 g/mol. The van der Waals surface area contributed by atoms with Gasteiger partial charge in [0.2, 0.25) is 0 Å². The molecule has 0 unspecified atom stereocenters. The fraction of sp³-hybridized carbons (Fsp3) is 0.333. The maximum absolute atomic E-state index is 11.9. The molecule has 2 aromatic heterocycles. The smallest absolute Gasteiger partial charge is 0.270 e. The van der Waals surface area contributed by atoms with Crippen molar-refractivity contribution in [3.05, 3.63) is 27.0 Å². The third-order valence-electron chi connectivity index (χ3n) is 2.93. The second-order valence-corrected chi connectivity index (χ2v) is 7.09. The number of nitrogens with zero attached hydrogens (tertiary/aromatic N) is 1. The number of amides is 1. The summed E-state index contributed by atoms with van der Waals surface area (Å²) >= 11 is 6.55. The molecule has 3 heterocycles. The Morgan fingerprint density at radius 3 is 2.71 bits per heavy atom. The van der Waals surface area contributed by atoms with Gasteiger partial charge in [-0.2, -0.15) is 0 Å². The average molecular weight is 431 g/mol. The van der Waals surface area contributed by atoms with Crippen LogP contribution in [0.25, 0.3) is 9.88 Å². The first kappa shape index (κ1) is 18.9. The Balaban J connectivity index is 0.00000110. The molecule has 0 aliphatic carbocycles. The molecule has 1 aliphatic rings. The van der Waals surface area contributed by atoms with E-state index in [1.54, 1.807) is 11.3 Å². The predicted molar refractivity (Wildman–Crippen MR) is 96.3 cm³/mol. The molecule has 21 heavy (non-hydrogen) atoms. The third-order valence-corrected chi connectivity index (χ3v) is 5.63. The molecule has 4 nitrogen and oxygen atoms in total. The zero-order valence-corrected chi connectivity index (χ0v) is 15.6. The van der Waals surface area contributed by atoms with E-state index in [-0.39, 0.29) is 30.7 Å². The quantitative estimate of drug-likeness (QED) is 0.781. The minimum atomic E-state index is -0.0787. The molecule has 1 aliphatic heterocycles. The van der Waals surface area contributed by atoms with Crippen molar-refractivity contribution in [1.29, 1.82) is 0 Å². The normalized spacial score (nSPS) is 13.8. The van der Waals surface area contributed by atoms with Crippen molar-refractivity contribution >= 4 is 69.3 Å². The van der Waals surface area contributed by atoms with E-state index in [4.69, 9.17) is 0 Å². The number of nitrogens with one attached hydrogen (secondary N) is 2. The van der Waals surface area contributed by atoms with E-state index < -0.39 is 0 Å². The number of rotatable bonds is 4. The molecular formula is C12H14BrCl2N3OS2. The van der Waals surface area contributed by atoms with Crippen molar-refractivity contribution in [3.63, 3.8) is 0 Å². The topological polar surface area (TPSA) is 54.0 Å². The molecule has 0 bridgehead atoms. The second kappa shape index (κ2) is 8.45. The molecule has 2 aromatic rings. The Morgan fingerprint density at radius 2 is 2.14 bits per heavy atom. The van der Waals surface area contributed by atoms with Crippen LogP contribution in [0, 0.1) is 5.92 Å². The van der Waals surface area contributed by atoms with Gasteiger partial charge in [-0.1, -0.05) is 0 Å². The summed E-state index contributed by atoms with van der Waals surface area (Å²) in [7, 11) is 0. The standard InChI is InChI=1S/C12H12BrN3OS2.2ClH/c13-8-1-10(18-5-8)12-16-9(6-19-12)11(17)15-4-7-2-14-3-7;;/h1,5-7,14H,2-4H2,(H,15,17);2*1H. The van der Waals surface area contributed by atoms with Crippen molar-refractivity contribution in [1.82, 2.24) is 15.6 Å². The van der Waals surface area contributed by atoms with Crippen LogP contribution in [-0.2, 0) is 0 Å². The summed E-state index contributed by atoms with van der Waals surface area (Å²) in [5.41, 5.74) is 0.511. The van der Waals surface area contributed by atoms with Gasteiger partial charge in [-0.15, -0.1) is 47.5 Å². The van der Waals surface area contributed by atoms with Gasteiger partial charge in [-0.25, -0.2) is 4.98 Å². The van der Waals surface area contributed by atoms with Crippen molar-refractivity contribution in [2.75, 3.05) is 19.6 Å². The van der Waals surface area contributed by atoms with E-state index in [2.05, 4.69) is 31.5 Å². The lowest BCUT2D eigenvalue weighted by Gasteiger charge is -2.26. The number of carbonyl (C=O) groups excluding carboxylic acids is 1. The number of thiophene rings is 1. The Hall–Kier alpha value is -0.180. The number of halogens is 3. The Kier molecular flexibility index (Phi) is 7.59. The summed E-state index contributed by atoms with van der Waals surface area (Å²) in [6, 6.07) is 2.02. The molecule has 0 radical (unpaired) electrons. The van der Waals surface area contributed by atoms with E-state index in [9.17, 15) is 4.79 Å². The lowest BCUT2D eigenvalue weighted by atomic mass is 10.0. The first-order chi connectivity index (χ1) is 9.22. The van der Waals surface area contributed by atoms with Crippen LogP contribution >= 0.6 is 63.4 Å². The summed E-state index contributed by atoms with van der Waals surface area (Å²) in [6.45, 7) is 2.71. The second-order valence-electron chi connectivity index (χ2n) is 4.40. The highest BCUT2D eigenvalue weighted by atomic mass is 79.9. The lowest BCUT2D eigenvalue weighted by Crippen LogP contribution is -2.48. The zero-order chi connectivity index (χ0) is 13.2. The van der Waals surface area contributed by atoms with Crippen LogP contribution in [0.3, 0.4) is 0 Å². The highest BCUT2D eigenvalue weighted by Crippen LogP contribution is 2.31. The SMILES string of the molecule is Cl.Cl.O=C(NCC1CNC1)c1csc(-c2cc(Br)cs2)n1. The van der Waals surface area contributed by atoms with Gasteiger partial charge >= 0.3 is 0 Å². The van der Waals surface area contributed by atoms with E-state index in [1.165, 1.54) is 11.3 Å². The highest BCUT2D eigenvalue weighted by Gasteiger charge is 2.19. The van der Waals surface area contributed by atoms with Crippen LogP contribution in [0.5, 0.6) is 0 Å². The van der Waals surface area contributed by atoms with E-state index in [0.29, 0.717) is 11.6 Å². The van der Waals surface area contributed by atoms with Crippen LogP contribution in [0.1, 0.15) is 10.5 Å². The number of aromatic nitrogens is 1. The minimum absolute atomic E-state index is 0.